The minimum atomic E-state index is 0.0445. The molecule has 0 fully saturated rings. The van der Waals surface area contributed by atoms with Gasteiger partial charge in [-0.25, -0.2) is 4.98 Å². The Balaban J connectivity index is 1.65. The number of nitrogens with one attached hydrogen (secondary N) is 1. The van der Waals surface area contributed by atoms with Gasteiger partial charge in [-0.05, 0) is 36.3 Å². The summed E-state index contributed by atoms with van der Waals surface area (Å²) >= 11 is 3.32. The Hall–Kier alpha value is -1.40. The minimum Gasteiger partial charge on any atom is -0.356 e. The molecule has 21 heavy (non-hydrogen) atoms. The monoisotopic (exact) mass is 321 g/mol. The number of carbonyl (C=O) groups excluding carboxylic acids is 1. The number of hydrogen-bond donors (Lipinski definition) is 1. The Kier molecular flexibility index (Phi) is 6.69. The molecule has 0 spiro atoms. The minimum absolute atomic E-state index is 0.0445. The lowest BCUT2D eigenvalue weighted by Crippen LogP contribution is -2.26. The summed E-state index contributed by atoms with van der Waals surface area (Å²) in [5.41, 5.74) is 2.11. The molecule has 1 amide bonds. The lowest BCUT2D eigenvalue weighted by atomic mass is 10.1. The summed E-state index contributed by atoms with van der Waals surface area (Å²) in [6.45, 7) is 2.79. The van der Waals surface area contributed by atoms with Crippen LogP contribution in [0, 0.1) is 0 Å². The van der Waals surface area contributed by atoms with Gasteiger partial charge in [-0.1, -0.05) is 18.7 Å². The third-order valence-electron chi connectivity index (χ3n) is 2.85. The molecular formula is C15H19N3OS2. The molecular weight excluding hydrogens is 302 g/mol. The number of pyridine rings is 1. The van der Waals surface area contributed by atoms with Crippen LogP contribution in [0.3, 0.4) is 0 Å². The second-order valence-corrected chi connectivity index (χ2v) is 6.89. The molecule has 2 aromatic rings. The van der Waals surface area contributed by atoms with Gasteiger partial charge in [0.25, 0.3) is 0 Å². The highest BCUT2D eigenvalue weighted by Gasteiger charge is 2.07. The molecule has 0 aromatic carbocycles. The smallest absolute Gasteiger partial charge is 0.226 e. The molecule has 0 radical (unpaired) electrons. The van der Waals surface area contributed by atoms with Crippen LogP contribution in [0.5, 0.6) is 0 Å². The first-order valence-corrected chi connectivity index (χ1v) is 8.87. The second-order valence-electron chi connectivity index (χ2n) is 4.52. The SMILES string of the molecule is CCSc1nc(CC(=O)NCCCc2ccncc2)cs1. The molecule has 0 aliphatic rings. The van der Waals surface area contributed by atoms with Gasteiger partial charge < -0.3 is 5.32 Å². The maximum absolute atomic E-state index is 11.8. The molecule has 1 N–H and O–H groups in total. The highest BCUT2D eigenvalue weighted by atomic mass is 32.2. The van der Waals surface area contributed by atoms with Crippen molar-refractivity contribution < 1.29 is 4.79 Å². The van der Waals surface area contributed by atoms with Crippen molar-refractivity contribution in [2.45, 2.75) is 30.5 Å². The van der Waals surface area contributed by atoms with Crippen LogP contribution < -0.4 is 5.32 Å². The summed E-state index contributed by atoms with van der Waals surface area (Å²) in [6.07, 6.45) is 5.85. The molecule has 0 unspecified atom stereocenters. The van der Waals surface area contributed by atoms with E-state index in [-0.39, 0.29) is 5.91 Å². The molecule has 0 aliphatic heterocycles. The molecule has 2 heterocycles. The first kappa shape index (κ1) is 16.0. The number of rotatable bonds is 8. The van der Waals surface area contributed by atoms with Crippen molar-refractivity contribution in [1.82, 2.24) is 15.3 Å². The summed E-state index contributed by atoms with van der Waals surface area (Å²) in [4.78, 5) is 20.2. The van der Waals surface area contributed by atoms with Crippen LogP contribution >= 0.6 is 23.1 Å². The normalized spacial score (nSPS) is 10.5. The zero-order valence-corrected chi connectivity index (χ0v) is 13.7. The average molecular weight is 321 g/mol. The molecule has 112 valence electrons. The van der Waals surface area contributed by atoms with Crippen LogP contribution in [-0.2, 0) is 17.6 Å². The Labute approximate surface area is 133 Å². The van der Waals surface area contributed by atoms with E-state index in [1.807, 2.05) is 17.5 Å². The molecule has 4 nitrogen and oxygen atoms in total. The van der Waals surface area contributed by atoms with E-state index in [0.717, 1.165) is 28.6 Å². The first-order chi connectivity index (χ1) is 10.3. The van der Waals surface area contributed by atoms with E-state index in [9.17, 15) is 4.79 Å². The summed E-state index contributed by atoms with van der Waals surface area (Å²) in [5, 5.41) is 4.91. The standard InChI is InChI=1S/C15H19N3OS2/c1-2-20-15-18-13(11-21-15)10-14(19)17-7-3-4-12-5-8-16-9-6-12/h5-6,8-9,11H,2-4,7,10H2,1H3,(H,17,19). The van der Waals surface area contributed by atoms with Gasteiger partial charge in [0, 0.05) is 24.3 Å². The van der Waals surface area contributed by atoms with E-state index in [2.05, 4.69) is 22.2 Å². The fourth-order valence-corrected chi connectivity index (χ4v) is 3.60. The van der Waals surface area contributed by atoms with Crippen molar-refractivity contribution in [3.05, 3.63) is 41.2 Å². The molecule has 0 aliphatic carbocycles. The van der Waals surface area contributed by atoms with Crippen molar-refractivity contribution in [2.75, 3.05) is 12.3 Å². The lowest BCUT2D eigenvalue weighted by Gasteiger charge is -2.04. The van der Waals surface area contributed by atoms with Gasteiger partial charge in [0.2, 0.25) is 5.91 Å². The number of carbonyl (C=O) groups is 1. The Morgan fingerprint density at radius 2 is 2.19 bits per heavy atom. The zero-order valence-electron chi connectivity index (χ0n) is 12.0. The van der Waals surface area contributed by atoms with Crippen LogP contribution in [0.1, 0.15) is 24.6 Å². The number of aromatic nitrogens is 2. The van der Waals surface area contributed by atoms with Gasteiger partial charge in [-0.15, -0.1) is 11.3 Å². The molecule has 0 atom stereocenters. The number of hydrogen-bond acceptors (Lipinski definition) is 5. The van der Waals surface area contributed by atoms with Crippen molar-refractivity contribution in [3.63, 3.8) is 0 Å². The molecule has 0 saturated carbocycles. The second kappa shape index (κ2) is 8.79. The fraction of sp³-hybridized carbons (Fsp3) is 0.400. The predicted octanol–water partition coefficient (Wildman–Crippen LogP) is 2.94. The molecule has 0 saturated heterocycles. The van der Waals surface area contributed by atoms with Crippen molar-refractivity contribution in [2.24, 2.45) is 0 Å². The van der Waals surface area contributed by atoms with Crippen molar-refractivity contribution >= 4 is 29.0 Å². The van der Waals surface area contributed by atoms with Crippen LogP contribution in [0.15, 0.2) is 34.2 Å². The van der Waals surface area contributed by atoms with Gasteiger partial charge in [0.05, 0.1) is 12.1 Å². The largest absolute Gasteiger partial charge is 0.356 e. The Bertz CT molecular complexity index is 557. The Morgan fingerprint density at radius 1 is 1.38 bits per heavy atom. The van der Waals surface area contributed by atoms with Crippen LogP contribution in [0.4, 0.5) is 0 Å². The maximum atomic E-state index is 11.8. The molecule has 2 rings (SSSR count). The topological polar surface area (TPSA) is 54.9 Å². The van der Waals surface area contributed by atoms with Gasteiger partial charge in [-0.2, -0.15) is 0 Å². The summed E-state index contributed by atoms with van der Waals surface area (Å²) in [7, 11) is 0. The van der Waals surface area contributed by atoms with Gasteiger partial charge in [0.15, 0.2) is 0 Å². The summed E-state index contributed by atoms with van der Waals surface area (Å²) in [5.74, 6) is 1.05. The quantitative estimate of drug-likeness (QED) is 0.600. The summed E-state index contributed by atoms with van der Waals surface area (Å²) in [6, 6.07) is 4.01. The third kappa shape index (κ3) is 5.85. The maximum Gasteiger partial charge on any atom is 0.226 e. The van der Waals surface area contributed by atoms with Crippen LogP contribution in [0.2, 0.25) is 0 Å². The van der Waals surface area contributed by atoms with E-state index in [0.29, 0.717) is 13.0 Å². The van der Waals surface area contributed by atoms with E-state index >= 15 is 0 Å². The van der Waals surface area contributed by atoms with Crippen LogP contribution in [0.25, 0.3) is 0 Å². The van der Waals surface area contributed by atoms with Crippen LogP contribution in [-0.4, -0.2) is 28.2 Å². The molecule has 6 heteroatoms. The molecule has 0 bridgehead atoms. The average Bonchev–Trinajstić information content (AvgIpc) is 2.92. The van der Waals surface area contributed by atoms with E-state index in [1.165, 1.54) is 5.56 Å². The van der Waals surface area contributed by atoms with E-state index < -0.39 is 0 Å². The lowest BCUT2D eigenvalue weighted by molar-refractivity contribution is -0.120. The van der Waals surface area contributed by atoms with E-state index in [1.54, 1.807) is 35.5 Å². The number of aryl methyl sites for hydroxylation is 1. The van der Waals surface area contributed by atoms with Gasteiger partial charge in [-0.3, -0.25) is 9.78 Å². The van der Waals surface area contributed by atoms with E-state index in [4.69, 9.17) is 0 Å². The number of thiazole rings is 1. The number of nitrogens with zero attached hydrogens (tertiary/aromatic N) is 2. The first-order valence-electron chi connectivity index (χ1n) is 7.00. The van der Waals surface area contributed by atoms with Gasteiger partial charge in [0.1, 0.15) is 4.34 Å². The highest BCUT2D eigenvalue weighted by molar-refractivity contribution is 8.00. The fourth-order valence-electron chi connectivity index (χ4n) is 1.86. The number of amides is 1. The molecule has 2 aromatic heterocycles. The van der Waals surface area contributed by atoms with Gasteiger partial charge >= 0.3 is 0 Å². The highest BCUT2D eigenvalue weighted by Crippen LogP contribution is 2.22. The predicted molar refractivity (Wildman–Crippen MR) is 87.8 cm³/mol. The zero-order chi connectivity index (χ0) is 14.9. The van der Waals surface area contributed by atoms with Crippen molar-refractivity contribution in [1.29, 1.82) is 0 Å². The third-order valence-corrected chi connectivity index (χ3v) is 4.81. The summed E-state index contributed by atoms with van der Waals surface area (Å²) < 4.78 is 1.04. The Morgan fingerprint density at radius 3 is 2.95 bits per heavy atom. The van der Waals surface area contributed by atoms with Crippen molar-refractivity contribution in [3.8, 4) is 0 Å². The number of thioether (sulfide) groups is 1.